The van der Waals surface area contributed by atoms with Gasteiger partial charge in [0, 0.05) is 43.6 Å². The van der Waals surface area contributed by atoms with Gasteiger partial charge in [0.2, 0.25) is 11.7 Å². The van der Waals surface area contributed by atoms with Gasteiger partial charge < -0.3 is 38.9 Å². The summed E-state index contributed by atoms with van der Waals surface area (Å²) in [6, 6.07) is 10.5. The quantitative estimate of drug-likeness (QED) is 0.0624. The van der Waals surface area contributed by atoms with Gasteiger partial charge in [-0.1, -0.05) is 37.1 Å². The van der Waals surface area contributed by atoms with Crippen molar-refractivity contribution in [1.82, 2.24) is 4.90 Å². The number of carbonyl (C=O) groups is 2. The standard InChI is InChI=1S/C43H56N2O9/c1-5-19-45(42(49)28-13-14-28)39-26-36(44-51-4)34-24-29(11-7-9-20-46)33(12-8-10-21-47)40-35-25-32(53-31-15-17-37(50-3)30(23-31)27-48)16-18-38(35)54-43(39,41(34)40)52-22-6-2/h6,15-18,23-25,27-29,33,39-41,46-47H,2,5,7-14,19-22,26H2,1,3-4H3. The van der Waals surface area contributed by atoms with Crippen molar-refractivity contribution in [3.63, 3.8) is 0 Å². The van der Waals surface area contributed by atoms with Crippen molar-refractivity contribution in [2.45, 2.75) is 88.9 Å². The highest BCUT2D eigenvalue weighted by molar-refractivity contribution is 6.03. The largest absolute Gasteiger partial charge is 0.496 e. The van der Waals surface area contributed by atoms with Gasteiger partial charge in [-0.05, 0) is 98.8 Å². The smallest absolute Gasteiger partial charge is 0.239 e. The van der Waals surface area contributed by atoms with Gasteiger partial charge in [0.15, 0.2) is 6.29 Å². The number of aliphatic hydroxyl groups excluding tert-OH is 2. The molecule has 6 atom stereocenters. The normalized spacial score (nSPS) is 26.1. The van der Waals surface area contributed by atoms with Crippen LogP contribution in [0.5, 0.6) is 23.0 Å². The number of rotatable bonds is 20. The summed E-state index contributed by atoms with van der Waals surface area (Å²) in [6.07, 6.45) is 12.5. The summed E-state index contributed by atoms with van der Waals surface area (Å²) in [4.78, 5) is 33.6. The third-order valence-corrected chi connectivity index (χ3v) is 11.5. The predicted molar refractivity (Wildman–Crippen MR) is 205 cm³/mol. The molecular weight excluding hydrogens is 688 g/mol. The summed E-state index contributed by atoms with van der Waals surface area (Å²) in [5.74, 6) is 0.703. The second kappa shape index (κ2) is 18.0. The minimum atomic E-state index is -1.27. The molecule has 54 heavy (non-hydrogen) atoms. The van der Waals surface area contributed by atoms with Crippen LogP contribution in [0.3, 0.4) is 0 Å². The van der Waals surface area contributed by atoms with E-state index in [1.807, 2.05) is 23.1 Å². The number of oxime groups is 1. The fourth-order valence-corrected chi connectivity index (χ4v) is 9.05. The van der Waals surface area contributed by atoms with Gasteiger partial charge in [-0.15, -0.1) is 6.58 Å². The Hall–Kier alpha value is -4.19. The molecule has 0 spiro atoms. The molecule has 1 aliphatic heterocycles. The first-order valence-corrected chi connectivity index (χ1v) is 19.6. The van der Waals surface area contributed by atoms with Crippen molar-refractivity contribution in [1.29, 1.82) is 0 Å². The van der Waals surface area contributed by atoms with Gasteiger partial charge in [-0.25, -0.2) is 0 Å². The van der Waals surface area contributed by atoms with E-state index < -0.39 is 11.8 Å². The fourth-order valence-electron chi connectivity index (χ4n) is 9.05. The molecule has 0 saturated heterocycles. The van der Waals surface area contributed by atoms with Crippen molar-refractivity contribution < 1.29 is 43.6 Å². The Morgan fingerprint density at radius 2 is 1.80 bits per heavy atom. The lowest BCUT2D eigenvalue weighted by Crippen LogP contribution is -2.70. The molecule has 11 heteroatoms. The van der Waals surface area contributed by atoms with Gasteiger partial charge >= 0.3 is 0 Å². The van der Waals surface area contributed by atoms with Gasteiger partial charge in [-0.3, -0.25) is 9.59 Å². The topological polar surface area (TPSA) is 136 Å². The molecule has 3 aliphatic carbocycles. The Bertz CT molecular complexity index is 1700. The van der Waals surface area contributed by atoms with E-state index >= 15 is 0 Å². The maximum atomic E-state index is 14.2. The molecule has 2 fully saturated rings. The second-order valence-corrected chi connectivity index (χ2v) is 14.9. The summed E-state index contributed by atoms with van der Waals surface area (Å²) in [6.45, 7) is 7.08. The highest BCUT2D eigenvalue weighted by Gasteiger charge is 2.65. The number of allylic oxidation sites excluding steroid dienone is 1. The molecule has 2 N–H and O–H groups in total. The van der Waals surface area contributed by atoms with Crippen molar-refractivity contribution in [2.24, 2.45) is 28.8 Å². The number of carbonyl (C=O) groups excluding carboxylic acids is 2. The maximum absolute atomic E-state index is 14.2. The Morgan fingerprint density at radius 3 is 2.46 bits per heavy atom. The van der Waals surface area contributed by atoms with E-state index in [0.29, 0.717) is 54.4 Å². The molecule has 2 aromatic carbocycles. The van der Waals surface area contributed by atoms with Crippen LogP contribution in [0.15, 0.2) is 65.9 Å². The number of nitrogens with zero attached hydrogens (tertiary/aromatic N) is 2. The van der Waals surface area contributed by atoms with Gasteiger partial charge in [0.1, 0.15) is 36.1 Å². The van der Waals surface area contributed by atoms with Crippen molar-refractivity contribution in [2.75, 3.05) is 40.6 Å². The number of hydrogen-bond donors (Lipinski definition) is 2. The predicted octanol–water partition coefficient (Wildman–Crippen LogP) is 7.21. The average molecular weight is 745 g/mol. The highest BCUT2D eigenvalue weighted by Crippen LogP contribution is 2.62. The molecule has 0 radical (unpaired) electrons. The number of aliphatic hydroxyl groups is 2. The van der Waals surface area contributed by atoms with Crippen molar-refractivity contribution >= 4 is 17.9 Å². The third-order valence-electron chi connectivity index (χ3n) is 11.5. The molecule has 2 saturated carbocycles. The minimum Gasteiger partial charge on any atom is -0.496 e. The number of benzene rings is 2. The summed E-state index contributed by atoms with van der Waals surface area (Å²) in [7, 11) is 3.08. The number of fused-ring (bicyclic) bond motifs is 2. The van der Waals surface area contributed by atoms with Crippen molar-refractivity contribution in [3.05, 3.63) is 71.8 Å². The molecule has 0 bridgehead atoms. The van der Waals surface area contributed by atoms with Crippen LogP contribution in [0, 0.1) is 23.7 Å². The van der Waals surface area contributed by atoms with Crippen LogP contribution in [0.25, 0.3) is 0 Å². The Morgan fingerprint density at radius 1 is 1.06 bits per heavy atom. The van der Waals surface area contributed by atoms with Gasteiger partial charge in [-0.2, -0.15) is 0 Å². The zero-order valence-electron chi connectivity index (χ0n) is 31.9. The van der Waals surface area contributed by atoms with Crippen LogP contribution in [0.2, 0.25) is 0 Å². The second-order valence-electron chi connectivity index (χ2n) is 14.9. The maximum Gasteiger partial charge on any atom is 0.239 e. The zero-order valence-corrected chi connectivity index (χ0v) is 31.9. The van der Waals surface area contributed by atoms with E-state index in [9.17, 15) is 19.8 Å². The number of unbranched alkanes of at least 4 members (excludes halogenated alkanes) is 2. The minimum absolute atomic E-state index is 0.00897. The molecule has 6 unspecified atom stereocenters. The van der Waals surface area contributed by atoms with Crippen LogP contribution < -0.4 is 14.2 Å². The molecule has 1 heterocycles. The zero-order chi connectivity index (χ0) is 38.2. The van der Waals surface area contributed by atoms with Gasteiger partial charge in [0.25, 0.3) is 0 Å². The first kappa shape index (κ1) is 39.5. The molecule has 1 amide bonds. The third kappa shape index (κ3) is 7.95. The Labute approximate surface area is 318 Å². The monoisotopic (exact) mass is 744 g/mol. The first-order chi connectivity index (χ1) is 26.4. The van der Waals surface area contributed by atoms with E-state index in [1.54, 1.807) is 31.4 Å². The number of aldehydes is 1. The highest BCUT2D eigenvalue weighted by atomic mass is 16.7. The molecule has 4 aliphatic rings. The number of methoxy groups -OCH3 is 1. The van der Waals surface area contributed by atoms with Crippen LogP contribution in [-0.4, -0.2) is 85.4 Å². The molecule has 0 aromatic heterocycles. The summed E-state index contributed by atoms with van der Waals surface area (Å²) in [5.41, 5.74) is 3.11. The SMILES string of the molecule is C=CCOC12Oc3ccc(Oc4ccc(OC)c(C=O)c4)cc3C3C(CCCCO)C(CCCCO)C=C(C(=NOC)CC1N(CCC)C(=O)C1CC1)C32. The molecule has 292 valence electrons. The van der Waals surface area contributed by atoms with E-state index in [-0.39, 0.29) is 55.3 Å². The lowest BCUT2D eigenvalue weighted by molar-refractivity contribution is -0.257. The number of amides is 1. The molecule has 6 rings (SSSR count). The first-order valence-electron chi connectivity index (χ1n) is 19.6. The fraction of sp³-hybridized carbons (Fsp3) is 0.558. The lowest BCUT2D eigenvalue weighted by atomic mass is 9.55. The number of ether oxygens (including phenoxy) is 4. The summed E-state index contributed by atoms with van der Waals surface area (Å²) in [5, 5.41) is 24.3. The van der Waals surface area contributed by atoms with Crippen LogP contribution >= 0.6 is 0 Å². The average Bonchev–Trinajstić information content (AvgIpc) is 4.04. The van der Waals surface area contributed by atoms with E-state index in [1.165, 1.54) is 7.11 Å². The summed E-state index contributed by atoms with van der Waals surface area (Å²) < 4.78 is 26.0. The molecular formula is C43H56N2O9. The van der Waals surface area contributed by atoms with Crippen LogP contribution in [0.1, 0.15) is 93.0 Å². The van der Waals surface area contributed by atoms with Crippen LogP contribution in [0.4, 0.5) is 0 Å². The Balaban J connectivity index is 1.56. The Kier molecular flexibility index (Phi) is 13.1. The van der Waals surface area contributed by atoms with E-state index in [0.717, 1.165) is 68.1 Å². The molecule has 11 nitrogen and oxygen atoms in total. The number of hydrogen-bond acceptors (Lipinski definition) is 10. The van der Waals surface area contributed by atoms with Gasteiger partial charge in [0.05, 0.1) is 30.9 Å². The van der Waals surface area contributed by atoms with Crippen molar-refractivity contribution in [3.8, 4) is 23.0 Å². The van der Waals surface area contributed by atoms with E-state index in [2.05, 4.69) is 24.7 Å². The lowest BCUT2D eigenvalue weighted by Gasteiger charge is -2.60. The van der Waals surface area contributed by atoms with E-state index in [4.69, 9.17) is 23.8 Å². The molecule has 2 aromatic rings. The van der Waals surface area contributed by atoms with Crippen LogP contribution in [-0.2, 0) is 14.4 Å². The summed E-state index contributed by atoms with van der Waals surface area (Å²) >= 11 is 0.